The summed E-state index contributed by atoms with van der Waals surface area (Å²) >= 11 is 1.70. The van der Waals surface area contributed by atoms with E-state index in [-0.39, 0.29) is 6.10 Å². The Labute approximate surface area is 201 Å². The molecule has 0 radical (unpaired) electrons. The summed E-state index contributed by atoms with van der Waals surface area (Å²) in [5, 5.41) is 10.5. The highest BCUT2D eigenvalue weighted by atomic mass is 32.1. The molecule has 2 heterocycles. The molecule has 5 heteroatoms. The summed E-state index contributed by atoms with van der Waals surface area (Å²) in [5.74, 6) is 0.631. The molecular weight excluding hydrogens is 426 g/mol. The molecule has 1 aliphatic carbocycles. The van der Waals surface area contributed by atoms with Crippen LogP contribution in [0.4, 0.5) is 0 Å². The minimum Gasteiger partial charge on any atom is -0.490 e. The third-order valence-corrected chi connectivity index (χ3v) is 7.38. The van der Waals surface area contributed by atoms with Crippen LogP contribution in [0, 0.1) is 11.3 Å². The Balaban J connectivity index is 0.00000126. The van der Waals surface area contributed by atoms with Gasteiger partial charge in [-0.1, -0.05) is 32.0 Å². The maximum Gasteiger partial charge on any atom is 0.137 e. The monoisotopic (exact) mass is 459 g/mol. The fourth-order valence-electron chi connectivity index (χ4n) is 4.94. The van der Waals surface area contributed by atoms with E-state index >= 15 is 0 Å². The largest absolute Gasteiger partial charge is 0.490 e. The molecule has 5 rings (SSSR count). The summed E-state index contributed by atoms with van der Waals surface area (Å²) in [7, 11) is 0. The lowest BCUT2D eigenvalue weighted by Gasteiger charge is -2.24. The zero-order valence-corrected chi connectivity index (χ0v) is 20.9. The number of fused-ring (bicyclic) bond motifs is 1. The first kappa shape index (κ1) is 23.5. The Kier molecular flexibility index (Phi) is 7.47. The number of ether oxygens (including phenoxy) is 1. The number of hydrogen-bond acceptors (Lipinski definition) is 5. The second-order valence-electron chi connectivity index (χ2n) is 8.69. The van der Waals surface area contributed by atoms with Crippen molar-refractivity contribution in [3.8, 4) is 32.8 Å². The van der Waals surface area contributed by atoms with Crippen molar-refractivity contribution >= 4 is 11.3 Å². The highest BCUT2D eigenvalue weighted by molar-refractivity contribution is 7.18. The molecule has 1 atom stereocenters. The van der Waals surface area contributed by atoms with Gasteiger partial charge in [-0.25, -0.2) is 4.98 Å². The lowest BCUT2D eigenvalue weighted by molar-refractivity contribution is 0.242. The lowest BCUT2D eigenvalue weighted by atomic mass is 10.0. The van der Waals surface area contributed by atoms with Crippen molar-refractivity contribution in [2.75, 3.05) is 13.1 Å². The van der Waals surface area contributed by atoms with Crippen LogP contribution in [-0.2, 0) is 6.42 Å². The van der Waals surface area contributed by atoms with E-state index in [4.69, 9.17) is 9.72 Å². The van der Waals surface area contributed by atoms with E-state index in [1.54, 1.807) is 11.3 Å². The third-order valence-electron chi connectivity index (χ3n) is 6.30. The van der Waals surface area contributed by atoms with Gasteiger partial charge in [0.15, 0.2) is 0 Å². The van der Waals surface area contributed by atoms with Crippen LogP contribution in [0.2, 0.25) is 0 Å². The fraction of sp³-hybridized carbons (Fsp3) is 0.429. The highest BCUT2D eigenvalue weighted by Crippen LogP contribution is 2.43. The molecular formula is C28H33N3OS. The zero-order valence-electron chi connectivity index (χ0n) is 20.1. The number of aromatic nitrogens is 1. The van der Waals surface area contributed by atoms with Gasteiger partial charge < -0.3 is 4.74 Å². The molecule has 172 valence electrons. The van der Waals surface area contributed by atoms with E-state index in [2.05, 4.69) is 29.2 Å². The highest BCUT2D eigenvalue weighted by Gasteiger charge is 2.31. The SMILES string of the molecule is CC.CC(C)Oc1ccc(-c2ncc(-c3cccc4c3CCC4N3CCCC3)s2)cc1C#N. The van der Waals surface area contributed by atoms with Gasteiger partial charge in [0.05, 0.1) is 16.5 Å². The zero-order chi connectivity index (χ0) is 23.4. The van der Waals surface area contributed by atoms with Crippen LogP contribution in [-0.4, -0.2) is 29.1 Å². The van der Waals surface area contributed by atoms with Gasteiger partial charge in [-0.15, -0.1) is 11.3 Å². The van der Waals surface area contributed by atoms with Crippen molar-refractivity contribution in [3.05, 3.63) is 59.3 Å². The van der Waals surface area contributed by atoms with Gasteiger partial charge in [-0.05, 0) is 87.5 Å². The van der Waals surface area contributed by atoms with Gasteiger partial charge in [0, 0.05) is 17.8 Å². The molecule has 33 heavy (non-hydrogen) atoms. The summed E-state index contributed by atoms with van der Waals surface area (Å²) in [6.45, 7) is 10.4. The summed E-state index contributed by atoms with van der Waals surface area (Å²) < 4.78 is 5.76. The Morgan fingerprint density at radius 1 is 1.15 bits per heavy atom. The first-order chi connectivity index (χ1) is 16.1. The van der Waals surface area contributed by atoms with Gasteiger partial charge in [-0.2, -0.15) is 5.26 Å². The third kappa shape index (κ3) is 4.83. The van der Waals surface area contributed by atoms with Crippen LogP contribution < -0.4 is 4.74 Å². The molecule has 1 saturated heterocycles. The van der Waals surface area contributed by atoms with Gasteiger partial charge >= 0.3 is 0 Å². The molecule has 0 spiro atoms. The van der Waals surface area contributed by atoms with Crippen molar-refractivity contribution < 1.29 is 4.74 Å². The predicted octanol–water partition coefficient (Wildman–Crippen LogP) is 7.25. The Hall–Kier alpha value is -2.68. The minimum absolute atomic E-state index is 0.0361. The van der Waals surface area contributed by atoms with E-state index in [1.807, 2.05) is 52.1 Å². The topological polar surface area (TPSA) is 49.1 Å². The Morgan fingerprint density at radius 2 is 1.94 bits per heavy atom. The minimum atomic E-state index is 0.0361. The fourth-order valence-corrected chi connectivity index (χ4v) is 5.90. The van der Waals surface area contributed by atoms with E-state index in [9.17, 15) is 5.26 Å². The Morgan fingerprint density at radius 3 is 2.67 bits per heavy atom. The summed E-state index contributed by atoms with van der Waals surface area (Å²) in [6.07, 6.45) is 7.04. The molecule has 0 amide bonds. The summed E-state index contributed by atoms with van der Waals surface area (Å²) in [6, 6.07) is 15.4. The molecule has 2 aromatic carbocycles. The smallest absolute Gasteiger partial charge is 0.137 e. The van der Waals surface area contributed by atoms with Crippen molar-refractivity contribution in [1.29, 1.82) is 5.26 Å². The summed E-state index contributed by atoms with van der Waals surface area (Å²) in [4.78, 5) is 8.58. The number of rotatable bonds is 5. The van der Waals surface area contributed by atoms with Crippen molar-refractivity contribution in [3.63, 3.8) is 0 Å². The van der Waals surface area contributed by atoms with Crippen molar-refractivity contribution in [2.45, 2.75) is 65.5 Å². The maximum absolute atomic E-state index is 9.56. The quantitative estimate of drug-likeness (QED) is 0.403. The Bertz CT molecular complexity index is 1140. The van der Waals surface area contributed by atoms with E-state index in [0.29, 0.717) is 17.4 Å². The predicted molar refractivity (Wildman–Crippen MR) is 137 cm³/mol. The summed E-state index contributed by atoms with van der Waals surface area (Å²) in [5.41, 5.74) is 5.84. The molecule has 1 unspecified atom stereocenters. The van der Waals surface area contributed by atoms with Crippen LogP contribution in [0.1, 0.15) is 69.7 Å². The first-order valence-corrected chi connectivity index (χ1v) is 13.0. The van der Waals surface area contributed by atoms with Crippen LogP contribution in [0.3, 0.4) is 0 Å². The molecule has 0 saturated carbocycles. The molecule has 1 aromatic heterocycles. The van der Waals surface area contributed by atoms with Crippen LogP contribution in [0.5, 0.6) is 5.75 Å². The molecule has 0 N–H and O–H groups in total. The van der Waals surface area contributed by atoms with Gasteiger partial charge in [0.2, 0.25) is 0 Å². The number of hydrogen-bond donors (Lipinski definition) is 0. The van der Waals surface area contributed by atoms with Crippen LogP contribution in [0.15, 0.2) is 42.6 Å². The number of benzene rings is 2. The second-order valence-corrected chi connectivity index (χ2v) is 9.72. The second kappa shape index (κ2) is 10.5. The lowest BCUT2D eigenvalue weighted by Crippen LogP contribution is -2.23. The van der Waals surface area contributed by atoms with E-state index in [0.717, 1.165) is 17.0 Å². The molecule has 3 aromatic rings. The standard InChI is InChI=1S/C26H27N3OS.C2H6/c1-17(2)30-24-11-8-18(14-19(24)15-27)26-28-16-25(31-26)22-7-5-6-21-20(22)9-10-23(21)29-12-3-4-13-29;1-2/h5-8,11,14,16-17,23H,3-4,9-10,12-13H2,1-2H3;1-2H3. The van der Waals surface area contributed by atoms with Gasteiger partial charge in [0.1, 0.15) is 16.8 Å². The van der Waals surface area contributed by atoms with Gasteiger partial charge in [0.25, 0.3) is 0 Å². The van der Waals surface area contributed by atoms with Gasteiger partial charge in [-0.3, -0.25) is 4.90 Å². The number of likely N-dealkylation sites (tertiary alicyclic amines) is 1. The molecule has 1 fully saturated rings. The van der Waals surface area contributed by atoms with Crippen molar-refractivity contribution in [1.82, 2.24) is 9.88 Å². The number of thiazole rings is 1. The number of nitrogens with zero attached hydrogens (tertiary/aromatic N) is 3. The molecule has 1 aliphatic heterocycles. The first-order valence-electron chi connectivity index (χ1n) is 12.2. The normalized spacial score (nSPS) is 17.4. The number of nitriles is 1. The van der Waals surface area contributed by atoms with E-state index < -0.39 is 0 Å². The average molecular weight is 460 g/mol. The maximum atomic E-state index is 9.56. The van der Waals surface area contributed by atoms with Crippen LogP contribution in [0.25, 0.3) is 21.0 Å². The molecule has 0 bridgehead atoms. The average Bonchev–Trinajstić information content (AvgIpc) is 3.60. The van der Waals surface area contributed by atoms with Crippen molar-refractivity contribution in [2.24, 2.45) is 0 Å². The van der Waals surface area contributed by atoms with Crippen LogP contribution >= 0.6 is 11.3 Å². The molecule has 2 aliphatic rings. The van der Waals surface area contributed by atoms with E-state index in [1.165, 1.54) is 53.9 Å². The molecule has 4 nitrogen and oxygen atoms in total.